The summed E-state index contributed by atoms with van der Waals surface area (Å²) < 4.78 is 6.11. The Morgan fingerprint density at radius 2 is 1.80 bits per heavy atom. The summed E-state index contributed by atoms with van der Waals surface area (Å²) in [5, 5.41) is 12.1. The number of hydrogen-bond acceptors (Lipinski definition) is 6. The van der Waals surface area contributed by atoms with E-state index in [1.807, 2.05) is 18.2 Å². The van der Waals surface area contributed by atoms with Crippen LogP contribution in [-0.4, -0.2) is 28.9 Å². The Balaban J connectivity index is 1.69. The first-order valence-corrected chi connectivity index (χ1v) is 12.2. The molecule has 1 aromatic heterocycles. The Kier molecular flexibility index (Phi) is 6.05. The summed E-state index contributed by atoms with van der Waals surface area (Å²) in [5.74, 6) is -1.17. The Hall–Kier alpha value is -3.68. The average molecular weight is 505 g/mol. The predicted molar refractivity (Wildman–Crippen MR) is 138 cm³/mol. The number of Topliss-reactive ketones (excluding diaryl/α,β-unsaturated/α-hetero) is 1. The summed E-state index contributed by atoms with van der Waals surface area (Å²) in [7, 11) is 1.54. The van der Waals surface area contributed by atoms with E-state index in [2.05, 4.69) is 11.9 Å². The van der Waals surface area contributed by atoms with Crippen LogP contribution in [0.4, 0.5) is 5.13 Å². The van der Waals surface area contributed by atoms with Crippen LogP contribution >= 0.6 is 22.9 Å². The standard InChI is InChI=1S/C27H21ClN2O4S/c1-3-15-4-13-20-21(14-15)35-27(29-20)30-23(16-5-9-18(28)10-6-16)22(25(32)26(30)33)24(31)17-7-11-19(34-2)12-8-17/h4-14,23,31H,3H2,1-2H3/t23-/m1/s1. The van der Waals surface area contributed by atoms with Crippen molar-refractivity contribution < 1.29 is 19.4 Å². The van der Waals surface area contributed by atoms with E-state index in [-0.39, 0.29) is 11.3 Å². The lowest BCUT2D eigenvalue weighted by atomic mass is 9.95. The van der Waals surface area contributed by atoms with Crippen LogP contribution < -0.4 is 9.64 Å². The Morgan fingerprint density at radius 1 is 1.09 bits per heavy atom. The number of ether oxygens (including phenoxy) is 1. The summed E-state index contributed by atoms with van der Waals surface area (Å²) in [6, 6.07) is 18.6. The highest BCUT2D eigenvalue weighted by molar-refractivity contribution is 7.22. The van der Waals surface area contributed by atoms with Crippen LogP contribution in [0.2, 0.25) is 5.02 Å². The van der Waals surface area contributed by atoms with Crippen molar-refractivity contribution in [2.24, 2.45) is 0 Å². The molecule has 0 spiro atoms. The topological polar surface area (TPSA) is 79.7 Å². The average Bonchev–Trinajstić information content (AvgIpc) is 3.41. The fraction of sp³-hybridized carbons (Fsp3) is 0.148. The van der Waals surface area contributed by atoms with Gasteiger partial charge >= 0.3 is 5.91 Å². The lowest BCUT2D eigenvalue weighted by Crippen LogP contribution is -2.29. The monoisotopic (exact) mass is 504 g/mol. The minimum Gasteiger partial charge on any atom is -0.507 e. The van der Waals surface area contributed by atoms with Gasteiger partial charge in [-0.3, -0.25) is 14.5 Å². The van der Waals surface area contributed by atoms with Gasteiger partial charge < -0.3 is 9.84 Å². The largest absolute Gasteiger partial charge is 0.507 e. The van der Waals surface area contributed by atoms with Crippen molar-refractivity contribution in [3.8, 4) is 5.75 Å². The molecule has 3 aromatic carbocycles. The van der Waals surface area contributed by atoms with Crippen LogP contribution in [0.25, 0.3) is 16.0 Å². The Bertz CT molecular complexity index is 1480. The molecule has 1 aliphatic rings. The van der Waals surface area contributed by atoms with Crippen molar-refractivity contribution in [1.82, 2.24) is 4.98 Å². The number of fused-ring (bicyclic) bond motifs is 1. The van der Waals surface area contributed by atoms with Crippen molar-refractivity contribution in [2.75, 3.05) is 12.0 Å². The fourth-order valence-electron chi connectivity index (χ4n) is 4.17. The van der Waals surface area contributed by atoms with E-state index in [4.69, 9.17) is 16.3 Å². The quantitative estimate of drug-likeness (QED) is 0.200. The van der Waals surface area contributed by atoms with Gasteiger partial charge in [0.05, 0.1) is 28.9 Å². The van der Waals surface area contributed by atoms with Crippen LogP contribution in [-0.2, 0) is 16.0 Å². The highest BCUT2D eigenvalue weighted by atomic mass is 35.5. The van der Waals surface area contributed by atoms with Gasteiger partial charge in [0, 0.05) is 10.6 Å². The fourth-order valence-corrected chi connectivity index (χ4v) is 5.36. The number of rotatable bonds is 5. The zero-order chi connectivity index (χ0) is 24.7. The molecular weight excluding hydrogens is 484 g/mol. The van der Waals surface area contributed by atoms with E-state index in [1.165, 1.54) is 16.2 Å². The molecule has 2 heterocycles. The molecule has 0 radical (unpaired) electrons. The molecule has 0 aliphatic carbocycles. The van der Waals surface area contributed by atoms with Crippen LogP contribution in [0.3, 0.4) is 0 Å². The van der Waals surface area contributed by atoms with Gasteiger partial charge in [0.1, 0.15) is 11.5 Å². The molecule has 0 unspecified atom stereocenters. The molecule has 1 saturated heterocycles. The van der Waals surface area contributed by atoms with Crippen molar-refractivity contribution in [2.45, 2.75) is 19.4 Å². The molecule has 176 valence electrons. The van der Waals surface area contributed by atoms with E-state index in [9.17, 15) is 14.7 Å². The van der Waals surface area contributed by atoms with Gasteiger partial charge in [-0.2, -0.15) is 0 Å². The van der Waals surface area contributed by atoms with Gasteiger partial charge in [-0.15, -0.1) is 0 Å². The molecule has 0 saturated carbocycles. The lowest BCUT2D eigenvalue weighted by molar-refractivity contribution is -0.132. The number of ketones is 1. The molecule has 1 aliphatic heterocycles. The van der Waals surface area contributed by atoms with Gasteiger partial charge in [0.2, 0.25) is 0 Å². The maximum atomic E-state index is 13.4. The first kappa shape index (κ1) is 23.1. The Labute approximate surface area is 211 Å². The highest BCUT2D eigenvalue weighted by Gasteiger charge is 2.48. The zero-order valence-electron chi connectivity index (χ0n) is 19.0. The number of aliphatic hydroxyl groups excluding tert-OH is 1. The number of carbonyl (C=O) groups is 2. The number of halogens is 1. The van der Waals surface area contributed by atoms with E-state index in [0.29, 0.717) is 27.0 Å². The number of aromatic nitrogens is 1. The lowest BCUT2D eigenvalue weighted by Gasteiger charge is -2.23. The molecule has 5 rings (SSSR count). The van der Waals surface area contributed by atoms with Gasteiger partial charge in [-0.05, 0) is 66.1 Å². The van der Waals surface area contributed by atoms with E-state index < -0.39 is 17.7 Å². The summed E-state index contributed by atoms with van der Waals surface area (Å²) in [4.78, 5) is 32.7. The number of carbonyl (C=O) groups excluding carboxylic acids is 2. The number of aryl methyl sites for hydroxylation is 1. The number of anilines is 1. The number of aliphatic hydroxyl groups is 1. The molecule has 1 fully saturated rings. The third kappa shape index (κ3) is 4.07. The van der Waals surface area contributed by atoms with Gasteiger partial charge in [-0.25, -0.2) is 4.98 Å². The number of amides is 1. The van der Waals surface area contributed by atoms with Crippen molar-refractivity contribution in [3.05, 3.63) is 94.0 Å². The molecule has 8 heteroatoms. The summed E-state index contributed by atoms with van der Waals surface area (Å²) in [6.45, 7) is 2.07. The Morgan fingerprint density at radius 3 is 2.46 bits per heavy atom. The van der Waals surface area contributed by atoms with Crippen molar-refractivity contribution in [1.29, 1.82) is 0 Å². The molecule has 1 amide bonds. The number of hydrogen-bond donors (Lipinski definition) is 1. The highest BCUT2D eigenvalue weighted by Crippen LogP contribution is 2.44. The van der Waals surface area contributed by atoms with Gasteiger partial charge in [-0.1, -0.05) is 48.1 Å². The number of nitrogens with zero attached hydrogens (tertiary/aromatic N) is 2. The van der Waals surface area contributed by atoms with Crippen LogP contribution in [0.5, 0.6) is 5.75 Å². The molecule has 1 N–H and O–H groups in total. The van der Waals surface area contributed by atoms with Crippen LogP contribution in [0.15, 0.2) is 72.3 Å². The minimum absolute atomic E-state index is 0.00371. The second-order valence-electron chi connectivity index (χ2n) is 8.10. The van der Waals surface area contributed by atoms with Crippen molar-refractivity contribution >= 4 is 55.7 Å². The molecule has 6 nitrogen and oxygen atoms in total. The van der Waals surface area contributed by atoms with Crippen LogP contribution in [0, 0.1) is 0 Å². The first-order chi connectivity index (χ1) is 16.9. The van der Waals surface area contributed by atoms with Crippen molar-refractivity contribution in [3.63, 3.8) is 0 Å². The smallest absolute Gasteiger partial charge is 0.301 e. The molecule has 1 atom stereocenters. The van der Waals surface area contributed by atoms with Gasteiger partial charge in [0.15, 0.2) is 5.13 Å². The number of benzene rings is 3. The number of thiazole rings is 1. The second kappa shape index (κ2) is 9.17. The zero-order valence-corrected chi connectivity index (χ0v) is 20.6. The first-order valence-electron chi connectivity index (χ1n) is 11.0. The van der Waals surface area contributed by atoms with E-state index in [0.717, 1.165) is 22.2 Å². The summed E-state index contributed by atoms with van der Waals surface area (Å²) >= 11 is 7.44. The predicted octanol–water partition coefficient (Wildman–Crippen LogP) is 6.15. The third-order valence-corrected chi connectivity index (χ3v) is 7.32. The molecular formula is C27H21ClN2O4S. The minimum atomic E-state index is -0.861. The van der Waals surface area contributed by atoms with E-state index in [1.54, 1.807) is 55.6 Å². The molecule has 0 bridgehead atoms. The second-order valence-corrected chi connectivity index (χ2v) is 9.55. The third-order valence-electron chi connectivity index (χ3n) is 6.05. The number of methoxy groups -OCH3 is 1. The van der Waals surface area contributed by atoms with E-state index >= 15 is 0 Å². The normalized spacial score (nSPS) is 17.3. The van der Waals surface area contributed by atoms with Gasteiger partial charge in [0.25, 0.3) is 5.78 Å². The maximum Gasteiger partial charge on any atom is 0.301 e. The summed E-state index contributed by atoms with van der Waals surface area (Å²) in [6.07, 6.45) is 0.875. The van der Waals surface area contributed by atoms with Crippen LogP contribution in [0.1, 0.15) is 29.7 Å². The summed E-state index contributed by atoms with van der Waals surface area (Å²) in [5.41, 5.74) is 2.94. The molecule has 35 heavy (non-hydrogen) atoms. The maximum absolute atomic E-state index is 13.4. The SMILES string of the molecule is CCc1ccc2nc(N3C(=O)C(=O)C(=C(O)c4ccc(OC)cc4)[C@H]3c3ccc(Cl)cc3)sc2c1. The molecule has 4 aromatic rings.